The van der Waals surface area contributed by atoms with E-state index in [4.69, 9.17) is 19.9 Å². The van der Waals surface area contributed by atoms with Crippen molar-refractivity contribution in [1.29, 1.82) is 0 Å². The van der Waals surface area contributed by atoms with Gasteiger partial charge in [0, 0.05) is 6.42 Å². The fraction of sp³-hybridized carbons (Fsp3) is 0.269. The Morgan fingerprint density at radius 1 is 0.972 bits per heavy atom. The average molecular weight is 488 g/mol. The van der Waals surface area contributed by atoms with Gasteiger partial charge in [0.1, 0.15) is 18.2 Å². The second kappa shape index (κ2) is 10.1. The van der Waals surface area contributed by atoms with Crippen LogP contribution in [0.1, 0.15) is 46.7 Å². The summed E-state index contributed by atoms with van der Waals surface area (Å²) in [7, 11) is 0. The van der Waals surface area contributed by atoms with Crippen molar-refractivity contribution >= 4 is 28.8 Å². The molecule has 184 valence electrons. The number of hydrogen-bond donors (Lipinski definition) is 1. The maximum absolute atomic E-state index is 13.0. The first-order chi connectivity index (χ1) is 17.5. The molecule has 1 aliphatic heterocycles. The Kier molecular flexibility index (Phi) is 6.59. The zero-order valence-corrected chi connectivity index (χ0v) is 19.6. The van der Waals surface area contributed by atoms with Gasteiger partial charge in [0.15, 0.2) is 18.0 Å². The van der Waals surface area contributed by atoms with Crippen LogP contribution in [0.4, 0.5) is 5.82 Å². The minimum Gasteiger partial charge on any atom is -0.456 e. The highest BCUT2D eigenvalue weighted by molar-refractivity contribution is 5.90. The Hall–Kier alpha value is -4.31. The van der Waals surface area contributed by atoms with Crippen LogP contribution in [0.25, 0.3) is 11.0 Å². The summed E-state index contributed by atoms with van der Waals surface area (Å²) in [6.07, 6.45) is 0.898. The van der Waals surface area contributed by atoms with Gasteiger partial charge in [0.2, 0.25) is 0 Å². The molecule has 1 fully saturated rings. The van der Waals surface area contributed by atoms with Gasteiger partial charge >= 0.3 is 11.9 Å². The Morgan fingerprint density at radius 3 is 2.19 bits per heavy atom. The summed E-state index contributed by atoms with van der Waals surface area (Å²) in [6, 6.07) is 17.4. The molecule has 3 heterocycles. The summed E-state index contributed by atoms with van der Waals surface area (Å²) in [6.45, 7) is 1.93. The van der Waals surface area contributed by atoms with Crippen molar-refractivity contribution in [2.45, 2.75) is 44.3 Å². The molecule has 36 heavy (non-hydrogen) atoms. The van der Waals surface area contributed by atoms with Crippen LogP contribution in [0.15, 0.2) is 73.2 Å². The molecular formula is C26H25N5O5. The summed E-state index contributed by atoms with van der Waals surface area (Å²) < 4.78 is 19.7. The second-order valence-electron chi connectivity index (χ2n) is 8.41. The van der Waals surface area contributed by atoms with Gasteiger partial charge in [-0.2, -0.15) is 5.10 Å². The molecule has 4 atom stereocenters. The number of fused-ring (bicyclic) bond motifs is 1. The molecular weight excluding hydrogens is 462 g/mol. The molecule has 1 saturated heterocycles. The number of carbonyl (C=O) groups is 2. The maximum atomic E-state index is 13.0. The molecule has 0 spiro atoms. The summed E-state index contributed by atoms with van der Waals surface area (Å²) in [5.74, 6) is -0.719. The Bertz CT molecular complexity index is 1360. The number of aromatic nitrogens is 4. The Morgan fingerprint density at radius 2 is 1.58 bits per heavy atom. The third kappa shape index (κ3) is 4.63. The van der Waals surface area contributed by atoms with Crippen LogP contribution in [0.5, 0.6) is 0 Å². The molecule has 1 aliphatic rings. The Balaban J connectivity index is 1.47. The highest BCUT2D eigenvalue weighted by Crippen LogP contribution is 2.35. The average Bonchev–Trinajstić information content (AvgIpc) is 3.35. The van der Waals surface area contributed by atoms with Crippen LogP contribution < -0.4 is 5.73 Å². The molecule has 2 aromatic carbocycles. The lowest BCUT2D eigenvalue weighted by Crippen LogP contribution is -2.48. The lowest BCUT2D eigenvalue weighted by molar-refractivity contribution is -0.201. The quantitative estimate of drug-likeness (QED) is 0.406. The number of nitrogen functional groups attached to an aromatic ring is 1. The normalized spacial score (nSPS) is 21.7. The SMILES string of the molecule is CC[C@H]1O[C@@H](n2ncc3c(N)ncnc32)[C@@H](OC(=O)c2ccccc2)CC1OC(=O)c1ccccc1. The van der Waals surface area contributed by atoms with Gasteiger partial charge in [0.05, 0.1) is 28.8 Å². The highest BCUT2D eigenvalue weighted by atomic mass is 16.6. The fourth-order valence-electron chi connectivity index (χ4n) is 4.28. The number of carbonyl (C=O) groups excluding carboxylic acids is 2. The molecule has 0 radical (unpaired) electrons. The predicted octanol–water partition coefficient (Wildman–Crippen LogP) is 3.56. The van der Waals surface area contributed by atoms with E-state index in [9.17, 15) is 9.59 Å². The molecule has 0 saturated carbocycles. The summed E-state index contributed by atoms with van der Waals surface area (Å²) in [5, 5.41) is 4.98. The highest BCUT2D eigenvalue weighted by Gasteiger charge is 2.43. The minimum absolute atomic E-state index is 0.211. The number of esters is 2. The molecule has 10 nitrogen and oxygen atoms in total. The van der Waals surface area contributed by atoms with E-state index in [1.165, 1.54) is 11.0 Å². The first-order valence-electron chi connectivity index (χ1n) is 11.7. The predicted molar refractivity (Wildman–Crippen MR) is 130 cm³/mol. The lowest BCUT2D eigenvalue weighted by Gasteiger charge is -2.40. The van der Waals surface area contributed by atoms with E-state index in [1.807, 2.05) is 19.1 Å². The largest absolute Gasteiger partial charge is 0.456 e. The van der Waals surface area contributed by atoms with E-state index in [2.05, 4.69) is 15.1 Å². The van der Waals surface area contributed by atoms with Gasteiger partial charge in [-0.3, -0.25) is 0 Å². The molecule has 5 rings (SSSR count). The van der Waals surface area contributed by atoms with Crippen molar-refractivity contribution in [3.63, 3.8) is 0 Å². The summed E-state index contributed by atoms with van der Waals surface area (Å²) in [5.41, 5.74) is 7.26. The number of anilines is 1. The first-order valence-corrected chi connectivity index (χ1v) is 11.7. The van der Waals surface area contributed by atoms with Crippen molar-refractivity contribution in [3.8, 4) is 0 Å². The smallest absolute Gasteiger partial charge is 0.338 e. The van der Waals surface area contributed by atoms with Gasteiger partial charge < -0.3 is 19.9 Å². The molecule has 0 aliphatic carbocycles. The Labute approximate surface area is 207 Å². The number of ether oxygens (including phenoxy) is 3. The van der Waals surface area contributed by atoms with Gasteiger partial charge in [-0.25, -0.2) is 24.2 Å². The molecule has 1 unspecified atom stereocenters. The number of hydrogen-bond acceptors (Lipinski definition) is 9. The number of benzene rings is 2. The molecule has 0 bridgehead atoms. The van der Waals surface area contributed by atoms with Gasteiger partial charge in [0.25, 0.3) is 0 Å². The van der Waals surface area contributed by atoms with Gasteiger partial charge in [-0.15, -0.1) is 0 Å². The topological polar surface area (TPSA) is 131 Å². The minimum atomic E-state index is -0.826. The molecule has 0 amide bonds. The molecule has 4 aromatic rings. The van der Waals surface area contributed by atoms with Crippen molar-refractivity contribution in [2.75, 3.05) is 5.73 Å². The second-order valence-corrected chi connectivity index (χ2v) is 8.41. The maximum Gasteiger partial charge on any atom is 0.338 e. The third-order valence-corrected chi connectivity index (χ3v) is 6.11. The van der Waals surface area contributed by atoms with Crippen LogP contribution in [0, 0.1) is 0 Å². The lowest BCUT2D eigenvalue weighted by atomic mass is 9.99. The van der Waals surface area contributed by atoms with Crippen molar-refractivity contribution in [2.24, 2.45) is 0 Å². The zero-order chi connectivity index (χ0) is 25.1. The zero-order valence-electron chi connectivity index (χ0n) is 19.6. The van der Waals surface area contributed by atoms with Gasteiger partial charge in [-0.05, 0) is 30.7 Å². The third-order valence-electron chi connectivity index (χ3n) is 6.11. The molecule has 10 heteroatoms. The summed E-state index contributed by atoms with van der Waals surface area (Å²) >= 11 is 0. The van der Waals surface area contributed by atoms with E-state index < -0.39 is 36.5 Å². The van der Waals surface area contributed by atoms with Crippen LogP contribution in [-0.2, 0) is 14.2 Å². The molecule has 2 aromatic heterocycles. The summed E-state index contributed by atoms with van der Waals surface area (Å²) in [4.78, 5) is 34.1. The van der Waals surface area contributed by atoms with E-state index >= 15 is 0 Å². The van der Waals surface area contributed by atoms with Crippen LogP contribution in [-0.4, -0.2) is 50.0 Å². The fourth-order valence-corrected chi connectivity index (χ4v) is 4.28. The first kappa shape index (κ1) is 23.4. The van der Waals surface area contributed by atoms with E-state index in [-0.39, 0.29) is 12.2 Å². The van der Waals surface area contributed by atoms with Crippen molar-refractivity contribution < 1.29 is 23.8 Å². The van der Waals surface area contributed by atoms with Crippen LogP contribution >= 0.6 is 0 Å². The van der Waals surface area contributed by atoms with E-state index in [1.54, 1.807) is 54.7 Å². The van der Waals surface area contributed by atoms with Crippen molar-refractivity contribution in [3.05, 3.63) is 84.3 Å². The molecule has 2 N–H and O–H groups in total. The standard InChI is InChI=1S/C26H25N5O5/c1-2-19-20(35-25(32)16-9-5-3-6-10-16)13-21(36-26(33)17-11-7-4-8-12-17)24(34-19)31-23-18(14-30-31)22(27)28-15-29-23/h3-12,14-15,19-21,24H,2,13H2,1H3,(H2,27,28,29)/t19-,20?,21+,24-/m1/s1. The van der Waals surface area contributed by atoms with Crippen LogP contribution in [0.2, 0.25) is 0 Å². The van der Waals surface area contributed by atoms with E-state index in [0.29, 0.717) is 28.6 Å². The van der Waals surface area contributed by atoms with Crippen molar-refractivity contribution in [1.82, 2.24) is 19.7 Å². The van der Waals surface area contributed by atoms with E-state index in [0.717, 1.165) is 0 Å². The van der Waals surface area contributed by atoms with Gasteiger partial charge in [-0.1, -0.05) is 43.3 Å². The van der Waals surface area contributed by atoms with Crippen LogP contribution in [0.3, 0.4) is 0 Å². The number of nitrogens with two attached hydrogens (primary N) is 1. The monoisotopic (exact) mass is 487 g/mol. The number of rotatable bonds is 6. The number of nitrogens with zero attached hydrogens (tertiary/aromatic N) is 4.